The van der Waals surface area contributed by atoms with Crippen LogP contribution in [-0.4, -0.2) is 26.7 Å². The smallest absolute Gasteiger partial charge is 0.240 e. The molecule has 5 heteroatoms. The molecular weight excluding hydrogens is 317 g/mol. The number of anilines is 1. The largest absolute Gasteiger partial charge is 0.299 e. The fraction of sp³-hybridized carbons (Fsp3) is 0.636. The van der Waals surface area contributed by atoms with Gasteiger partial charge in [-0.1, -0.05) is 22.6 Å². The van der Waals surface area contributed by atoms with Crippen LogP contribution in [0.2, 0.25) is 0 Å². The van der Waals surface area contributed by atoms with Gasteiger partial charge in [0.1, 0.15) is 5.82 Å². The number of rotatable bonds is 1. The van der Waals surface area contributed by atoms with Crippen molar-refractivity contribution in [2.24, 2.45) is 0 Å². The maximum atomic E-state index is 12.0. The Morgan fingerprint density at radius 1 is 1.44 bits per heavy atom. The summed E-state index contributed by atoms with van der Waals surface area (Å²) in [5, 5.41) is 4.61. The standard InChI is InChI=1S/C11H14IN3O/c1-14-10-6-9(7-2-3-7)13-15(10)5-4-8(12)11(14)16/h6-8H,2-5H2,1H3. The first-order valence-corrected chi connectivity index (χ1v) is 6.91. The molecule has 86 valence electrons. The van der Waals surface area contributed by atoms with Gasteiger partial charge in [0.2, 0.25) is 5.91 Å². The van der Waals surface area contributed by atoms with Gasteiger partial charge in [-0.05, 0) is 19.3 Å². The van der Waals surface area contributed by atoms with Gasteiger partial charge in [0, 0.05) is 25.6 Å². The number of carbonyl (C=O) groups is 1. The van der Waals surface area contributed by atoms with E-state index in [1.807, 2.05) is 11.7 Å². The SMILES string of the molecule is CN1C(=O)C(I)CCn2nc(C3CC3)cc21. The van der Waals surface area contributed by atoms with E-state index in [1.165, 1.54) is 18.5 Å². The maximum Gasteiger partial charge on any atom is 0.240 e. The third-order valence-corrected chi connectivity index (χ3v) is 4.47. The topological polar surface area (TPSA) is 38.1 Å². The number of nitrogens with zero attached hydrogens (tertiary/aromatic N) is 3. The average Bonchev–Trinajstić information content (AvgIpc) is 3.05. The summed E-state index contributed by atoms with van der Waals surface area (Å²) >= 11 is 2.22. The van der Waals surface area contributed by atoms with E-state index in [-0.39, 0.29) is 9.83 Å². The molecule has 2 heterocycles. The number of alkyl halides is 1. The van der Waals surface area contributed by atoms with Gasteiger partial charge in [0.25, 0.3) is 0 Å². The Hall–Kier alpha value is -0.590. The Morgan fingerprint density at radius 3 is 2.88 bits per heavy atom. The Kier molecular flexibility index (Phi) is 2.45. The van der Waals surface area contributed by atoms with Crippen molar-refractivity contribution in [3.63, 3.8) is 0 Å². The summed E-state index contributed by atoms with van der Waals surface area (Å²) in [5.74, 6) is 1.81. The summed E-state index contributed by atoms with van der Waals surface area (Å²) in [5.41, 5.74) is 1.17. The highest BCUT2D eigenvalue weighted by molar-refractivity contribution is 14.1. The molecule has 4 nitrogen and oxygen atoms in total. The molecule has 2 aliphatic rings. The van der Waals surface area contributed by atoms with Crippen LogP contribution in [0, 0.1) is 0 Å². The zero-order valence-electron chi connectivity index (χ0n) is 9.19. The van der Waals surface area contributed by atoms with Gasteiger partial charge in [-0.15, -0.1) is 0 Å². The van der Waals surface area contributed by atoms with Gasteiger partial charge in [0.05, 0.1) is 9.62 Å². The van der Waals surface area contributed by atoms with Gasteiger partial charge < -0.3 is 0 Å². The molecule has 0 N–H and O–H groups in total. The first-order chi connectivity index (χ1) is 7.66. The lowest BCUT2D eigenvalue weighted by Crippen LogP contribution is -2.32. The Balaban J connectivity index is 1.98. The second-order valence-electron chi connectivity index (χ2n) is 4.58. The summed E-state index contributed by atoms with van der Waals surface area (Å²) in [6.07, 6.45) is 3.38. The predicted octanol–water partition coefficient (Wildman–Crippen LogP) is 1.93. The van der Waals surface area contributed by atoms with E-state index in [0.29, 0.717) is 5.92 Å². The fourth-order valence-electron chi connectivity index (χ4n) is 2.12. The number of amides is 1. The molecule has 3 rings (SSSR count). The van der Waals surface area contributed by atoms with Crippen molar-refractivity contribution in [3.05, 3.63) is 11.8 Å². The lowest BCUT2D eigenvalue weighted by molar-refractivity contribution is -0.117. The third-order valence-electron chi connectivity index (χ3n) is 3.31. The Morgan fingerprint density at radius 2 is 2.19 bits per heavy atom. The molecule has 1 aliphatic carbocycles. The van der Waals surface area contributed by atoms with E-state index in [0.717, 1.165) is 18.8 Å². The molecule has 0 saturated heterocycles. The second kappa shape index (κ2) is 3.72. The van der Waals surface area contributed by atoms with Gasteiger partial charge in [-0.3, -0.25) is 9.69 Å². The number of carbonyl (C=O) groups excluding carboxylic acids is 1. The number of aromatic nitrogens is 2. The molecule has 0 aromatic carbocycles. The predicted molar refractivity (Wildman–Crippen MR) is 70.0 cm³/mol. The summed E-state index contributed by atoms with van der Waals surface area (Å²) in [4.78, 5) is 13.7. The van der Waals surface area contributed by atoms with Gasteiger partial charge in [0.15, 0.2) is 0 Å². The van der Waals surface area contributed by atoms with Crippen molar-refractivity contribution < 1.29 is 4.79 Å². The average molecular weight is 331 g/mol. The molecule has 16 heavy (non-hydrogen) atoms. The van der Waals surface area contributed by atoms with Crippen LogP contribution < -0.4 is 4.90 Å². The lowest BCUT2D eigenvalue weighted by Gasteiger charge is -2.15. The van der Waals surface area contributed by atoms with E-state index < -0.39 is 0 Å². The van der Waals surface area contributed by atoms with Crippen molar-refractivity contribution in [2.75, 3.05) is 11.9 Å². The summed E-state index contributed by atoms with van der Waals surface area (Å²) in [6, 6.07) is 2.09. The van der Waals surface area contributed by atoms with Gasteiger partial charge >= 0.3 is 0 Å². The van der Waals surface area contributed by atoms with Crippen LogP contribution in [0.3, 0.4) is 0 Å². The number of fused-ring (bicyclic) bond motifs is 1. The zero-order valence-corrected chi connectivity index (χ0v) is 11.3. The van der Waals surface area contributed by atoms with Crippen LogP contribution in [0.4, 0.5) is 5.82 Å². The highest BCUT2D eigenvalue weighted by atomic mass is 127. The fourth-order valence-corrected chi connectivity index (χ4v) is 2.82. The monoisotopic (exact) mass is 331 g/mol. The van der Waals surface area contributed by atoms with Crippen LogP contribution in [0.15, 0.2) is 6.07 Å². The summed E-state index contributed by atoms with van der Waals surface area (Å²) < 4.78 is 2.07. The molecule has 0 spiro atoms. The third kappa shape index (κ3) is 1.65. The van der Waals surface area contributed by atoms with Crippen molar-refractivity contribution in [2.45, 2.75) is 35.6 Å². The Bertz CT molecular complexity index is 438. The summed E-state index contributed by atoms with van der Waals surface area (Å²) in [6.45, 7) is 0.853. The minimum absolute atomic E-state index is 0.0775. The minimum Gasteiger partial charge on any atom is -0.299 e. The van der Waals surface area contributed by atoms with E-state index in [2.05, 4.69) is 33.8 Å². The van der Waals surface area contributed by atoms with Gasteiger partial charge in [-0.2, -0.15) is 5.10 Å². The van der Waals surface area contributed by atoms with Crippen LogP contribution >= 0.6 is 22.6 Å². The lowest BCUT2D eigenvalue weighted by atomic mass is 10.3. The first kappa shape index (κ1) is 10.6. The van der Waals surface area contributed by atoms with Crippen molar-refractivity contribution in [1.82, 2.24) is 9.78 Å². The van der Waals surface area contributed by atoms with Crippen molar-refractivity contribution >= 4 is 34.3 Å². The molecule has 1 aliphatic heterocycles. The highest BCUT2D eigenvalue weighted by Gasteiger charge is 2.31. The molecular formula is C11H14IN3O. The normalized spacial score (nSPS) is 25.5. The van der Waals surface area contributed by atoms with Gasteiger partial charge in [-0.25, -0.2) is 4.68 Å². The molecule has 1 saturated carbocycles. The summed E-state index contributed by atoms with van der Waals surface area (Å²) in [7, 11) is 1.85. The number of halogens is 1. The molecule has 1 fully saturated rings. The van der Waals surface area contributed by atoms with Crippen LogP contribution in [0.5, 0.6) is 0 Å². The van der Waals surface area contributed by atoms with Crippen LogP contribution in [0.1, 0.15) is 30.9 Å². The second-order valence-corrected chi connectivity index (χ2v) is 6.08. The number of hydrogen-bond acceptors (Lipinski definition) is 2. The quantitative estimate of drug-likeness (QED) is 0.583. The maximum absolute atomic E-state index is 12.0. The highest BCUT2D eigenvalue weighted by Crippen LogP contribution is 2.40. The molecule has 0 radical (unpaired) electrons. The van der Waals surface area contributed by atoms with Crippen molar-refractivity contribution in [1.29, 1.82) is 0 Å². The van der Waals surface area contributed by atoms with Crippen LogP contribution in [0.25, 0.3) is 0 Å². The molecule has 1 amide bonds. The number of aryl methyl sites for hydroxylation is 1. The van der Waals surface area contributed by atoms with Crippen LogP contribution in [-0.2, 0) is 11.3 Å². The minimum atomic E-state index is 0.0775. The molecule has 1 atom stereocenters. The first-order valence-electron chi connectivity index (χ1n) is 5.66. The van der Waals surface area contributed by atoms with E-state index >= 15 is 0 Å². The number of hydrogen-bond donors (Lipinski definition) is 0. The van der Waals surface area contributed by atoms with E-state index in [9.17, 15) is 4.79 Å². The molecule has 0 bridgehead atoms. The molecule has 1 aromatic rings. The van der Waals surface area contributed by atoms with E-state index in [1.54, 1.807) is 4.90 Å². The zero-order chi connectivity index (χ0) is 11.3. The van der Waals surface area contributed by atoms with E-state index in [4.69, 9.17) is 0 Å². The van der Waals surface area contributed by atoms with Crippen molar-refractivity contribution in [3.8, 4) is 0 Å². The molecule has 1 unspecified atom stereocenters. The Labute approximate surface area is 108 Å². The molecule has 1 aromatic heterocycles.